The molecule has 0 saturated heterocycles. The van der Waals surface area contributed by atoms with E-state index in [1.54, 1.807) is 13.3 Å². The molecule has 0 aliphatic heterocycles. The second kappa shape index (κ2) is 5.96. The summed E-state index contributed by atoms with van der Waals surface area (Å²) in [4.78, 5) is 16.9. The molecule has 3 aromatic rings. The number of H-pyrrole nitrogens is 1. The number of pyridine rings is 1. The molecule has 0 fully saturated rings. The van der Waals surface area contributed by atoms with Crippen LogP contribution in [0.15, 0.2) is 30.5 Å². The zero-order chi connectivity index (χ0) is 16.5. The van der Waals surface area contributed by atoms with Gasteiger partial charge in [-0.05, 0) is 43.9 Å². The molecule has 0 unspecified atom stereocenters. The smallest absolute Gasteiger partial charge is 0.276 e. The molecule has 1 aromatic carbocycles. The number of amides is 1. The number of aryl methyl sites for hydroxylation is 1. The van der Waals surface area contributed by atoms with E-state index in [9.17, 15) is 4.79 Å². The molecule has 1 amide bonds. The molecule has 2 N–H and O–H groups in total. The molecular formula is C18H18N4O2. The van der Waals surface area contributed by atoms with Crippen LogP contribution >= 0.6 is 0 Å². The maximum absolute atomic E-state index is 12.5. The first-order valence-corrected chi connectivity index (χ1v) is 8.06. The molecular weight excluding hydrogens is 304 g/mol. The van der Waals surface area contributed by atoms with Crippen molar-refractivity contribution in [2.24, 2.45) is 0 Å². The van der Waals surface area contributed by atoms with Crippen LogP contribution in [0.4, 0.5) is 5.69 Å². The van der Waals surface area contributed by atoms with Crippen molar-refractivity contribution in [2.45, 2.75) is 25.7 Å². The number of hydrogen-bond acceptors (Lipinski definition) is 4. The number of ether oxygens (including phenoxy) is 1. The minimum Gasteiger partial charge on any atom is -0.497 e. The number of nitrogens with one attached hydrogen (secondary N) is 2. The van der Waals surface area contributed by atoms with Gasteiger partial charge in [-0.1, -0.05) is 0 Å². The molecule has 6 heteroatoms. The highest BCUT2D eigenvalue weighted by molar-refractivity contribution is 6.04. The highest BCUT2D eigenvalue weighted by Gasteiger charge is 2.21. The number of methoxy groups -OCH3 is 1. The minimum atomic E-state index is -0.191. The maximum Gasteiger partial charge on any atom is 0.276 e. The molecule has 2 heterocycles. The van der Waals surface area contributed by atoms with Gasteiger partial charge in [0.25, 0.3) is 5.91 Å². The summed E-state index contributed by atoms with van der Waals surface area (Å²) in [5, 5.41) is 11.0. The monoisotopic (exact) mass is 322 g/mol. The summed E-state index contributed by atoms with van der Waals surface area (Å²) in [5.74, 6) is 0.569. The lowest BCUT2D eigenvalue weighted by Crippen LogP contribution is -2.15. The Morgan fingerprint density at radius 1 is 1.25 bits per heavy atom. The molecule has 0 spiro atoms. The van der Waals surface area contributed by atoms with Crippen molar-refractivity contribution >= 4 is 22.5 Å². The molecule has 0 atom stereocenters. The summed E-state index contributed by atoms with van der Waals surface area (Å²) in [7, 11) is 1.63. The number of anilines is 1. The van der Waals surface area contributed by atoms with Crippen molar-refractivity contribution in [1.82, 2.24) is 15.2 Å². The number of aromatic nitrogens is 3. The number of aromatic amines is 1. The van der Waals surface area contributed by atoms with Gasteiger partial charge in [0.2, 0.25) is 0 Å². The Morgan fingerprint density at radius 2 is 2.12 bits per heavy atom. The molecule has 122 valence electrons. The van der Waals surface area contributed by atoms with Gasteiger partial charge in [-0.15, -0.1) is 0 Å². The molecule has 1 aliphatic carbocycles. The standard InChI is InChI=1S/C18H18N4O2/c1-24-13-7-6-11-8-12(10-19-16(11)9-13)20-18(23)17-14-4-2-3-5-15(14)21-22-17/h6-10H,2-5H2,1H3,(H,20,23)(H,21,22). The van der Waals surface area contributed by atoms with E-state index in [-0.39, 0.29) is 5.91 Å². The maximum atomic E-state index is 12.5. The van der Waals surface area contributed by atoms with Crippen molar-refractivity contribution in [3.05, 3.63) is 47.4 Å². The van der Waals surface area contributed by atoms with E-state index in [0.717, 1.165) is 53.6 Å². The number of fused-ring (bicyclic) bond motifs is 2. The first-order chi connectivity index (χ1) is 11.7. The van der Waals surface area contributed by atoms with Crippen LogP contribution in [0.1, 0.15) is 34.6 Å². The van der Waals surface area contributed by atoms with Crippen LogP contribution < -0.4 is 10.1 Å². The molecule has 1 aliphatic rings. The normalized spacial score (nSPS) is 13.5. The summed E-state index contributed by atoms with van der Waals surface area (Å²) in [5.41, 5.74) is 4.13. The predicted molar refractivity (Wildman–Crippen MR) is 91.5 cm³/mol. The summed E-state index contributed by atoms with van der Waals surface area (Å²) in [6.45, 7) is 0. The average molecular weight is 322 g/mol. The van der Waals surface area contributed by atoms with Crippen LogP contribution in [-0.4, -0.2) is 28.2 Å². The van der Waals surface area contributed by atoms with Crippen molar-refractivity contribution < 1.29 is 9.53 Å². The van der Waals surface area contributed by atoms with Gasteiger partial charge in [-0.2, -0.15) is 5.10 Å². The summed E-state index contributed by atoms with van der Waals surface area (Å²) in [6.07, 6.45) is 5.78. The van der Waals surface area contributed by atoms with Crippen LogP contribution in [0.2, 0.25) is 0 Å². The van der Waals surface area contributed by atoms with Crippen LogP contribution in [0.25, 0.3) is 10.9 Å². The van der Waals surface area contributed by atoms with E-state index in [4.69, 9.17) is 4.74 Å². The van der Waals surface area contributed by atoms with E-state index in [1.165, 1.54) is 0 Å². The lowest BCUT2D eigenvalue weighted by molar-refractivity contribution is 0.102. The van der Waals surface area contributed by atoms with E-state index < -0.39 is 0 Å². The third-order valence-corrected chi connectivity index (χ3v) is 4.42. The topological polar surface area (TPSA) is 79.9 Å². The van der Waals surface area contributed by atoms with E-state index >= 15 is 0 Å². The Balaban J connectivity index is 1.59. The predicted octanol–water partition coefficient (Wildman–Crippen LogP) is 3.10. The van der Waals surface area contributed by atoms with Gasteiger partial charge < -0.3 is 10.1 Å². The summed E-state index contributed by atoms with van der Waals surface area (Å²) in [6, 6.07) is 7.57. The Morgan fingerprint density at radius 3 is 3.00 bits per heavy atom. The lowest BCUT2D eigenvalue weighted by atomic mass is 9.96. The molecule has 0 bridgehead atoms. The van der Waals surface area contributed by atoms with Gasteiger partial charge in [0.15, 0.2) is 5.69 Å². The minimum absolute atomic E-state index is 0.191. The average Bonchev–Trinajstić information content (AvgIpc) is 3.05. The molecule has 6 nitrogen and oxygen atoms in total. The van der Waals surface area contributed by atoms with E-state index in [0.29, 0.717) is 11.4 Å². The van der Waals surface area contributed by atoms with Crippen molar-refractivity contribution in [2.75, 3.05) is 12.4 Å². The van der Waals surface area contributed by atoms with Gasteiger partial charge in [0, 0.05) is 22.7 Å². The zero-order valence-electron chi connectivity index (χ0n) is 13.4. The number of nitrogens with zero attached hydrogens (tertiary/aromatic N) is 2. The van der Waals surface area contributed by atoms with Gasteiger partial charge >= 0.3 is 0 Å². The van der Waals surface area contributed by atoms with Crippen molar-refractivity contribution in [1.29, 1.82) is 0 Å². The van der Waals surface area contributed by atoms with Crippen molar-refractivity contribution in [3.8, 4) is 5.75 Å². The number of rotatable bonds is 3. The van der Waals surface area contributed by atoms with E-state index in [2.05, 4.69) is 20.5 Å². The van der Waals surface area contributed by atoms with Gasteiger partial charge in [-0.3, -0.25) is 14.9 Å². The number of carbonyl (C=O) groups is 1. The molecule has 0 saturated carbocycles. The van der Waals surface area contributed by atoms with Crippen molar-refractivity contribution in [3.63, 3.8) is 0 Å². The second-order valence-corrected chi connectivity index (χ2v) is 5.97. The molecule has 24 heavy (non-hydrogen) atoms. The summed E-state index contributed by atoms with van der Waals surface area (Å²) >= 11 is 0. The molecule has 4 rings (SSSR count). The van der Waals surface area contributed by atoms with Crippen LogP contribution in [0.3, 0.4) is 0 Å². The SMILES string of the molecule is COc1ccc2cc(NC(=O)c3n[nH]c4c3CCCC4)cnc2c1. The molecule has 2 aromatic heterocycles. The van der Waals surface area contributed by atoms with Crippen LogP contribution in [0.5, 0.6) is 5.75 Å². The Kier molecular flexibility index (Phi) is 3.65. The second-order valence-electron chi connectivity index (χ2n) is 5.97. The Labute approximate surface area is 139 Å². The van der Waals surface area contributed by atoms with Crippen LogP contribution in [0, 0.1) is 0 Å². The first kappa shape index (κ1) is 14.7. The van der Waals surface area contributed by atoms with E-state index in [1.807, 2.05) is 24.3 Å². The van der Waals surface area contributed by atoms with Gasteiger partial charge in [-0.25, -0.2) is 0 Å². The molecule has 0 radical (unpaired) electrons. The van der Waals surface area contributed by atoms with Gasteiger partial charge in [0.05, 0.1) is 24.5 Å². The number of hydrogen-bond donors (Lipinski definition) is 2. The number of carbonyl (C=O) groups excluding carboxylic acids is 1. The third-order valence-electron chi connectivity index (χ3n) is 4.42. The Hall–Kier alpha value is -2.89. The first-order valence-electron chi connectivity index (χ1n) is 8.06. The zero-order valence-corrected chi connectivity index (χ0v) is 13.4. The lowest BCUT2D eigenvalue weighted by Gasteiger charge is -2.11. The fraction of sp³-hybridized carbons (Fsp3) is 0.278. The number of benzene rings is 1. The van der Waals surface area contributed by atoms with Crippen LogP contribution in [-0.2, 0) is 12.8 Å². The quantitative estimate of drug-likeness (QED) is 0.776. The van der Waals surface area contributed by atoms with Gasteiger partial charge in [0.1, 0.15) is 5.75 Å². The highest BCUT2D eigenvalue weighted by Crippen LogP contribution is 2.24. The largest absolute Gasteiger partial charge is 0.497 e. The Bertz CT molecular complexity index is 917. The fourth-order valence-corrected chi connectivity index (χ4v) is 3.16. The third kappa shape index (κ3) is 2.60. The highest BCUT2D eigenvalue weighted by atomic mass is 16.5. The summed E-state index contributed by atoms with van der Waals surface area (Å²) < 4.78 is 5.20. The fourth-order valence-electron chi connectivity index (χ4n) is 3.16.